The Labute approximate surface area is 237 Å². The lowest BCUT2D eigenvalue weighted by Crippen LogP contribution is -2.49. The van der Waals surface area contributed by atoms with E-state index in [9.17, 15) is 22.8 Å². The van der Waals surface area contributed by atoms with Crippen LogP contribution in [-0.2, 0) is 12.7 Å². The normalized spacial score (nSPS) is 16.8. The molecule has 2 aliphatic rings. The molecule has 3 aromatic heterocycles. The smallest absolute Gasteiger partial charge is 0.423 e. The number of alkyl halides is 3. The summed E-state index contributed by atoms with van der Waals surface area (Å²) >= 11 is 0. The number of amides is 1. The summed E-state index contributed by atoms with van der Waals surface area (Å²) in [5.74, 6) is 0.697. The number of carbonyl (C=O) groups excluding carboxylic acids is 1. The average molecular weight is 579 g/mol. The van der Waals surface area contributed by atoms with E-state index >= 15 is 0 Å². The van der Waals surface area contributed by atoms with Gasteiger partial charge in [-0.15, -0.1) is 0 Å². The van der Waals surface area contributed by atoms with E-state index in [2.05, 4.69) is 20.1 Å². The first kappa shape index (κ1) is 27.2. The number of ether oxygens (including phenoxy) is 1. The SMILES string of the molecule is O=C(c1cncc(OCC2c3ccccc3CN2c2cn[nH]c(=O)c2C(F)(F)F)c1)N1CCN(c2ncccn2)CC1. The molecule has 4 aromatic rings. The molecule has 6 rings (SSSR count). The highest BCUT2D eigenvalue weighted by Gasteiger charge is 2.42. The standard InChI is InChI=1S/C28H25F3N8O3/c29-28(30,31)24-22(15-35-36-25(24)40)39-16-18-4-1-2-5-21(18)23(39)17-42-20-12-19(13-32-14-20)26(41)37-8-10-38(11-9-37)27-33-6-3-7-34-27/h1-7,12-15,23H,8-11,16-17H2,(H,36,40). The summed E-state index contributed by atoms with van der Waals surface area (Å²) < 4.78 is 47.7. The number of piperazine rings is 1. The number of pyridine rings is 1. The van der Waals surface area contributed by atoms with E-state index in [1.54, 1.807) is 41.6 Å². The van der Waals surface area contributed by atoms with Gasteiger partial charge in [0.2, 0.25) is 5.95 Å². The van der Waals surface area contributed by atoms with Crippen molar-refractivity contribution >= 4 is 17.5 Å². The predicted octanol–water partition coefficient (Wildman–Crippen LogP) is 3.08. The van der Waals surface area contributed by atoms with Gasteiger partial charge in [0.15, 0.2) is 0 Å². The van der Waals surface area contributed by atoms with Crippen LogP contribution in [0, 0.1) is 0 Å². The largest absolute Gasteiger partial charge is 0.489 e. The number of halogens is 3. The molecule has 14 heteroatoms. The maximum absolute atomic E-state index is 13.9. The van der Waals surface area contributed by atoms with Gasteiger partial charge >= 0.3 is 6.18 Å². The maximum atomic E-state index is 13.9. The zero-order chi connectivity index (χ0) is 29.3. The van der Waals surface area contributed by atoms with Gasteiger partial charge in [-0.05, 0) is 23.3 Å². The van der Waals surface area contributed by atoms with Gasteiger partial charge in [0.1, 0.15) is 17.9 Å². The Morgan fingerprint density at radius 1 is 1.02 bits per heavy atom. The summed E-state index contributed by atoms with van der Waals surface area (Å²) in [4.78, 5) is 43.3. The lowest BCUT2D eigenvalue weighted by atomic mass is 10.1. The number of H-pyrrole nitrogens is 1. The molecule has 0 aliphatic carbocycles. The molecule has 5 heterocycles. The Kier molecular flexibility index (Phi) is 7.19. The van der Waals surface area contributed by atoms with Crippen molar-refractivity contribution in [3.8, 4) is 5.75 Å². The van der Waals surface area contributed by atoms with Crippen molar-refractivity contribution in [3.05, 3.63) is 100.0 Å². The van der Waals surface area contributed by atoms with Crippen LogP contribution in [0.15, 0.2) is 72.2 Å². The van der Waals surface area contributed by atoms with Gasteiger partial charge in [-0.1, -0.05) is 24.3 Å². The summed E-state index contributed by atoms with van der Waals surface area (Å²) in [6, 6.07) is 9.89. The highest BCUT2D eigenvalue weighted by Crippen LogP contribution is 2.42. The van der Waals surface area contributed by atoms with Gasteiger partial charge in [-0.2, -0.15) is 18.3 Å². The quantitative estimate of drug-likeness (QED) is 0.368. The van der Waals surface area contributed by atoms with Crippen LogP contribution in [0.2, 0.25) is 0 Å². The van der Waals surface area contributed by atoms with Gasteiger partial charge in [0.05, 0.1) is 29.7 Å². The summed E-state index contributed by atoms with van der Waals surface area (Å²) in [5, 5.41) is 5.52. The van der Waals surface area contributed by atoms with Crippen LogP contribution >= 0.6 is 0 Å². The van der Waals surface area contributed by atoms with Crippen LogP contribution in [0.25, 0.3) is 0 Å². The van der Waals surface area contributed by atoms with Crippen molar-refractivity contribution in [3.63, 3.8) is 0 Å². The van der Waals surface area contributed by atoms with Crippen molar-refractivity contribution in [2.24, 2.45) is 0 Å². The number of anilines is 2. The topological polar surface area (TPSA) is 120 Å². The monoisotopic (exact) mass is 578 g/mol. The zero-order valence-corrected chi connectivity index (χ0v) is 22.2. The van der Waals surface area contributed by atoms with Crippen LogP contribution in [0.4, 0.5) is 24.8 Å². The van der Waals surface area contributed by atoms with Crippen LogP contribution in [-0.4, -0.2) is 68.7 Å². The van der Waals surface area contributed by atoms with Crippen LogP contribution < -0.4 is 20.1 Å². The number of carbonyl (C=O) groups is 1. The molecular formula is C28H25F3N8O3. The Balaban J connectivity index is 1.18. The predicted molar refractivity (Wildman–Crippen MR) is 145 cm³/mol. The minimum Gasteiger partial charge on any atom is -0.489 e. The van der Waals surface area contributed by atoms with Gasteiger partial charge in [-0.3, -0.25) is 14.6 Å². The number of nitrogens with zero attached hydrogens (tertiary/aromatic N) is 7. The molecule has 1 fully saturated rings. The van der Waals surface area contributed by atoms with E-state index in [0.29, 0.717) is 43.4 Å². The number of nitrogens with one attached hydrogen (secondary N) is 1. The molecule has 0 spiro atoms. The van der Waals surface area contributed by atoms with Gasteiger partial charge in [0, 0.05) is 51.3 Å². The molecule has 1 saturated heterocycles. The fourth-order valence-corrected chi connectivity index (χ4v) is 5.31. The number of benzene rings is 1. The molecule has 2 aliphatic heterocycles. The van der Waals surface area contributed by atoms with E-state index in [-0.39, 0.29) is 24.7 Å². The molecule has 11 nitrogen and oxygen atoms in total. The molecule has 1 amide bonds. The molecule has 1 aromatic carbocycles. The van der Waals surface area contributed by atoms with Gasteiger partial charge < -0.3 is 19.4 Å². The zero-order valence-electron chi connectivity index (χ0n) is 22.2. The number of rotatable bonds is 6. The third-order valence-electron chi connectivity index (χ3n) is 7.33. The molecule has 1 unspecified atom stereocenters. The summed E-state index contributed by atoms with van der Waals surface area (Å²) in [6.45, 7) is 2.18. The van der Waals surface area contributed by atoms with Crippen LogP contribution in [0.3, 0.4) is 0 Å². The first-order valence-corrected chi connectivity index (χ1v) is 13.2. The fourth-order valence-electron chi connectivity index (χ4n) is 5.31. The van der Waals surface area contributed by atoms with Crippen LogP contribution in [0.1, 0.15) is 33.1 Å². The summed E-state index contributed by atoms with van der Waals surface area (Å²) in [5.41, 5.74) is -1.06. The first-order valence-electron chi connectivity index (χ1n) is 13.2. The minimum atomic E-state index is -4.88. The lowest BCUT2D eigenvalue weighted by Gasteiger charge is -2.34. The Morgan fingerprint density at radius 2 is 1.79 bits per heavy atom. The second-order valence-corrected chi connectivity index (χ2v) is 9.85. The van der Waals surface area contributed by atoms with Crippen molar-refractivity contribution in [2.45, 2.75) is 18.8 Å². The molecular weight excluding hydrogens is 553 g/mol. The molecule has 42 heavy (non-hydrogen) atoms. The van der Waals surface area contributed by atoms with Crippen molar-refractivity contribution < 1.29 is 22.7 Å². The molecule has 0 radical (unpaired) electrons. The molecule has 0 saturated carbocycles. The van der Waals surface area contributed by atoms with Crippen LogP contribution in [0.5, 0.6) is 5.75 Å². The van der Waals surface area contributed by atoms with Crippen molar-refractivity contribution in [1.82, 2.24) is 30.0 Å². The summed E-state index contributed by atoms with van der Waals surface area (Å²) in [6.07, 6.45) is 2.37. The highest BCUT2D eigenvalue weighted by atomic mass is 19.4. The van der Waals surface area contributed by atoms with Crippen molar-refractivity contribution in [1.29, 1.82) is 0 Å². The van der Waals surface area contributed by atoms with Gasteiger partial charge in [0.25, 0.3) is 11.5 Å². The Morgan fingerprint density at radius 3 is 2.55 bits per heavy atom. The summed E-state index contributed by atoms with van der Waals surface area (Å²) in [7, 11) is 0. The fraction of sp³-hybridized carbons (Fsp3) is 0.286. The lowest BCUT2D eigenvalue weighted by molar-refractivity contribution is -0.138. The Hall–Kier alpha value is -5.01. The second-order valence-electron chi connectivity index (χ2n) is 9.85. The number of hydrogen-bond donors (Lipinski definition) is 1. The number of fused-ring (bicyclic) bond motifs is 1. The molecule has 1 atom stereocenters. The third-order valence-corrected chi connectivity index (χ3v) is 7.33. The third kappa shape index (κ3) is 5.34. The van der Waals surface area contributed by atoms with Gasteiger partial charge in [-0.25, -0.2) is 15.1 Å². The van der Waals surface area contributed by atoms with E-state index in [1.165, 1.54) is 17.3 Å². The molecule has 216 valence electrons. The number of aromatic amines is 1. The number of hydrogen-bond acceptors (Lipinski definition) is 9. The Bertz CT molecular complexity index is 1640. The molecule has 1 N–H and O–H groups in total. The molecule has 0 bridgehead atoms. The van der Waals surface area contributed by atoms with E-state index < -0.39 is 23.3 Å². The van der Waals surface area contributed by atoms with E-state index in [0.717, 1.165) is 17.3 Å². The number of aromatic nitrogens is 5. The van der Waals surface area contributed by atoms with E-state index in [4.69, 9.17) is 4.74 Å². The first-order chi connectivity index (χ1) is 20.3. The second kappa shape index (κ2) is 11.1. The highest BCUT2D eigenvalue weighted by molar-refractivity contribution is 5.94. The van der Waals surface area contributed by atoms with E-state index in [1.807, 2.05) is 22.1 Å². The minimum absolute atomic E-state index is 0.0593. The average Bonchev–Trinajstić information content (AvgIpc) is 3.38. The van der Waals surface area contributed by atoms with Crippen molar-refractivity contribution in [2.75, 3.05) is 42.6 Å². The maximum Gasteiger partial charge on any atom is 0.423 e.